The van der Waals surface area contributed by atoms with Gasteiger partial charge in [0.05, 0.1) is 16.9 Å². The zero-order valence-corrected chi connectivity index (χ0v) is 22.3. The Kier molecular flexibility index (Phi) is 6.97. The van der Waals surface area contributed by atoms with Gasteiger partial charge >= 0.3 is 6.01 Å². The van der Waals surface area contributed by atoms with Gasteiger partial charge in [-0.2, -0.15) is 9.97 Å². The molecule has 0 bridgehead atoms. The predicted octanol–water partition coefficient (Wildman–Crippen LogP) is 7.58. The van der Waals surface area contributed by atoms with E-state index in [1.165, 1.54) is 13.2 Å². The van der Waals surface area contributed by atoms with Crippen LogP contribution in [-0.2, 0) is 4.74 Å². The molecular weight excluding hydrogens is 540 g/mol. The average molecular weight is 565 g/mol. The summed E-state index contributed by atoms with van der Waals surface area (Å²) in [4.78, 5) is 8.27. The van der Waals surface area contributed by atoms with Crippen LogP contribution >= 0.6 is 11.6 Å². The average Bonchev–Trinajstić information content (AvgIpc) is 3.47. The number of fused-ring (bicyclic) bond motifs is 2. The molecule has 1 aliphatic rings. The van der Waals surface area contributed by atoms with Crippen molar-refractivity contribution in [3.05, 3.63) is 53.1 Å². The number of ether oxygens (including phenoxy) is 4. The third-order valence-corrected chi connectivity index (χ3v) is 6.43. The summed E-state index contributed by atoms with van der Waals surface area (Å²) in [6.07, 6.45) is -0.315. The van der Waals surface area contributed by atoms with Gasteiger partial charge < -0.3 is 18.9 Å². The summed E-state index contributed by atoms with van der Waals surface area (Å²) in [6.45, 7) is 4.74. The van der Waals surface area contributed by atoms with E-state index in [-0.39, 0.29) is 53.2 Å². The van der Waals surface area contributed by atoms with Gasteiger partial charge in [-0.05, 0) is 50.4 Å². The Hall–Kier alpha value is -3.37. The molecule has 206 valence electrons. The second-order valence-corrected chi connectivity index (χ2v) is 10.7. The van der Waals surface area contributed by atoms with E-state index in [9.17, 15) is 8.78 Å². The molecule has 0 unspecified atom stereocenters. The maximum absolute atomic E-state index is 16.3. The van der Waals surface area contributed by atoms with Crippen molar-refractivity contribution in [2.45, 2.75) is 38.7 Å². The van der Waals surface area contributed by atoms with E-state index in [0.29, 0.717) is 16.5 Å². The van der Waals surface area contributed by atoms with Crippen LogP contribution in [0.25, 0.3) is 32.8 Å². The van der Waals surface area contributed by atoms with Crippen molar-refractivity contribution in [3.8, 4) is 28.8 Å². The molecule has 0 radical (unpaired) electrons. The largest absolute Gasteiger partial charge is 0.471 e. The van der Waals surface area contributed by atoms with Crippen LogP contribution in [0.1, 0.15) is 27.2 Å². The van der Waals surface area contributed by atoms with Crippen molar-refractivity contribution in [1.29, 1.82) is 0 Å². The minimum Gasteiger partial charge on any atom is -0.471 e. The highest BCUT2D eigenvalue weighted by Crippen LogP contribution is 2.48. The van der Waals surface area contributed by atoms with Crippen molar-refractivity contribution in [2.24, 2.45) is 5.92 Å². The first kappa shape index (κ1) is 27.2. The molecule has 0 aliphatic heterocycles. The number of nitrogens with zero attached hydrogens (tertiary/aromatic N) is 2. The molecule has 3 aromatic carbocycles. The predicted molar refractivity (Wildman–Crippen MR) is 139 cm³/mol. The Bertz CT molecular complexity index is 1580. The van der Waals surface area contributed by atoms with E-state index in [1.807, 2.05) is 0 Å². The first-order valence-electron chi connectivity index (χ1n) is 12.1. The fourth-order valence-corrected chi connectivity index (χ4v) is 4.50. The fraction of sp³-hybridized carbons (Fsp3) is 0.357. The molecule has 1 fully saturated rings. The molecule has 0 saturated heterocycles. The van der Waals surface area contributed by atoms with Gasteiger partial charge in [0.25, 0.3) is 5.92 Å². The van der Waals surface area contributed by atoms with Crippen LogP contribution in [0.5, 0.6) is 17.6 Å². The zero-order chi connectivity index (χ0) is 28.1. The summed E-state index contributed by atoms with van der Waals surface area (Å²) in [7, 11) is 1.45. The molecule has 5 rings (SSSR count). The lowest BCUT2D eigenvalue weighted by Crippen LogP contribution is -2.24. The topological polar surface area (TPSA) is 62.7 Å². The van der Waals surface area contributed by atoms with E-state index >= 15 is 8.78 Å². The summed E-state index contributed by atoms with van der Waals surface area (Å²) in [5.41, 5.74) is -1.40. The summed E-state index contributed by atoms with van der Waals surface area (Å²) in [6, 6.07) is 8.89. The summed E-state index contributed by atoms with van der Waals surface area (Å²) in [5.74, 6) is -5.60. The Morgan fingerprint density at radius 2 is 1.82 bits per heavy atom. The molecule has 0 N–H and O–H groups in total. The summed E-state index contributed by atoms with van der Waals surface area (Å²) < 4.78 is 80.7. The number of alkyl halides is 2. The number of hydrogen-bond acceptors (Lipinski definition) is 6. The number of aromatic nitrogens is 2. The monoisotopic (exact) mass is 564 g/mol. The van der Waals surface area contributed by atoms with Crippen LogP contribution in [0.2, 0.25) is 5.02 Å². The number of methoxy groups -OCH3 is 1. The molecule has 1 aliphatic carbocycles. The molecule has 4 aromatic rings. The van der Waals surface area contributed by atoms with E-state index in [0.717, 1.165) is 6.07 Å². The van der Waals surface area contributed by atoms with Gasteiger partial charge in [0.1, 0.15) is 29.3 Å². The minimum atomic E-state index is -2.82. The first-order chi connectivity index (χ1) is 18.4. The summed E-state index contributed by atoms with van der Waals surface area (Å²) in [5, 5.41) is 1.20. The molecule has 1 saturated carbocycles. The molecule has 6 nitrogen and oxygen atoms in total. The summed E-state index contributed by atoms with van der Waals surface area (Å²) >= 11 is 6.48. The molecule has 1 heterocycles. The Morgan fingerprint density at radius 3 is 2.49 bits per heavy atom. The number of rotatable bonds is 8. The first-order valence-corrected chi connectivity index (χ1v) is 12.5. The lowest BCUT2D eigenvalue weighted by atomic mass is 9.95. The van der Waals surface area contributed by atoms with Gasteiger partial charge in [0.15, 0.2) is 12.6 Å². The van der Waals surface area contributed by atoms with Gasteiger partial charge in [-0.3, -0.25) is 0 Å². The van der Waals surface area contributed by atoms with Gasteiger partial charge in [0.2, 0.25) is 5.88 Å². The van der Waals surface area contributed by atoms with Gasteiger partial charge in [0, 0.05) is 29.5 Å². The zero-order valence-electron chi connectivity index (χ0n) is 21.6. The molecule has 1 aromatic heterocycles. The third kappa shape index (κ3) is 5.53. The van der Waals surface area contributed by atoms with E-state index in [4.69, 9.17) is 30.5 Å². The number of halogens is 5. The molecule has 11 heteroatoms. The second kappa shape index (κ2) is 9.98. The van der Waals surface area contributed by atoms with Crippen molar-refractivity contribution < 1.29 is 36.5 Å². The van der Waals surface area contributed by atoms with E-state index in [1.54, 1.807) is 45.0 Å². The fourth-order valence-electron chi connectivity index (χ4n) is 4.22. The lowest BCUT2D eigenvalue weighted by molar-refractivity contribution is 0.0512. The van der Waals surface area contributed by atoms with Crippen LogP contribution in [0.15, 0.2) is 36.4 Å². The van der Waals surface area contributed by atoms with Crippen LogP contribution in [-0.4, -0.2) is 42.0 Å². The van der Waals surface area contributed by atoms with Crippen molar-refractivity contribution >= 4 is 33.3 Å². The molecule has 0 spiro atoms. The lowest BCUT2D eigenvalue weighted by Gasteiger charge is -2.22. The molecule has 0 amide bonds. The van der Waals surface area contributed by atoms with Crippen molar-refractivity contribution in [2.75, 3.05) is 20.5 Å². The second-order valence-electron chi connectivity index (χ2n) is 10.3. The number of hydrogen-bond donors (Lipinski definition) is 0. The minimum absolute atomic E-state index is 0.0463. The Labute approximate surface area is 226 Å². The number of benzene rings is 3. The van der Waals surface area contributed by atoms with E-state index < -0.39 is 34.6 Å². The SMILES string of the molecule is COCOc1cc(-c2c(F)cc3c(OC(C)(C)C)nc(OC[C@@H]4CC4(F)F)nc3c2F)c2c(Cl)cccc2c1. The highest BCUT2D eigenvalue weighted by Gasteiger charge is 2.57. The standard InChI is InChI=1S/C28H25ClF4N2O4/c1-27(2,3)39-25-18-10-20(30)22(23(31)24(18)34-26(35-25)37-12-15-11-28(15,32)33)17-9-16(38-13-36-4)8-14-6-5-7-19(29)21(14)17/h5-10,15H,11-13H2,1-4H3/t15-/m0/s1. The maximum atomic E-state index is 16.3. The van der Waals surface area contributed by atoms with Crippen molar-refractivity contribution in [1.82, 2.24) is 9.97 Å². The Morgan fingerprint density at radius 1 is 1.08 bits per heavy atom. The van der Waals surface area contributed by atoms with Crippen LogP contribution < -0.4 is 14.2 Å². The normalized spacial score (nSPS) is 16.5. The van der Waals surface area contributed by atoms with Crippen molar-refractivity contribution in [3.63, 3.8) is 0 Å². The van der Waals surface area contributed by atoms with Crippen LogP contribution in [0, 0.1) is 17.6 Å². The van der Waals surface area contributed by atoms with Crippen LogP contribution in [0.4, 0.5) is 17.6 Å². The van der Waals surface area contributed by atoms with E-state index in [2.05, 4.69) is 9.97 Å². The Balaban J connectivity index is 1.72. The molecule has 1 atom stereocenters. The quantitative estimate of drug-likeness (QED) is 0.162. The molecule has 39 heavy (non-hydrogen) atoms. The maximum Gasteiger partial charge on any atom is 0.320 e. The highest BCUT2D eigenvalue weighted by molar-refractivity contribution is 6.36. The third-order valence-electron chi connectivity index (χ3n) is 6.11. The smallest absolute Gasteiger partial charge is 0.320 e. The van der Waals surface area contributed by atoms with Gasteiger partial charge in [-0.25, -0.2) is 17.6 Å². The van der Waals surface area contributed by atoms with Gasteiger partial charge in [-0.1, -0.05) is 23.7 Å². The van der Waals surface area contributed by atoms with Crippen LogP contribution in [0.3, 0.4) is 0 Å². The van der Waals surface area contributed by atoms with Gasteiger partial charge in [-0.15, -0.1) is 0 Å². The highest BCUT2D eigenvalue weighted by atomic mass is 35.5. The molecular formula is C28H25ClF4N2O4.